The molecule has 0 bridgehead atoms. The van der Waals surface area contributed by atoms with Gasteiger partial charge in [-0.1, -0.05) is 35.1 Å². The van der Waals surface area contributed by atoms with Crippen molar-refractivity contribution in [2.75, 3.05) is 20.7 Å². The van der Waals surface area contributed by atoms with E-state index in [0.717, 1.165) is 19.1 Å². The van der Waals surface area contributed by atoms with Crippen molar-refractivity contribution in [3.05, 3.63) is 0 Å². The Hall–Kier alpha value is -0.450. The maximum absolute atomic E-state index is 10.2. The summed E-state index contributed by atoms with van der Waals surface area (Å²) in [6.45, 7) is 8.76. The molecule has 0 spiro atoms. The van der Waals surface area contributed by atoms with Crippen LogP contribution in [-0.4, -0.2) is 44.2 Å². The number of carbonyl (C=O) groups excluding carboxylic acids is 1. The van der Waals surface area contributed by atoms with Crippen LogP contribution in [0.5, 0.6) is 0 Å². The largest absolute Gasteiger partial charge is 0.395 e. The van der Waals surface area contributed by atoms with Gasteiger partial charge in [-0.05, 0) is 38.8 Å². The van der Waals surface area contributed by atoms with Gasteiger partial charge in [-0.2, -0.15) is 0 Å². The molecule has 0 unspecified atom stereocenters. The Kier molecular flexibility index (Phi) is 19.4. The molecule has 19 heavy (non-hydrogen) atoms. The van der Waals surface area contributed by atoms with Gasteiger partial charge in [0.2, 0.25) is 0 Å². The molecule has 0 rings (SSSR count). The number of hydrogen-bond acceptors (Lipinski definition) is 4. The van der Waals surface area contributed by atoms with Crippen LogP contribution in [0, 0.1) is 11.8 Å². The van der Waals surface area contributed by atoms with Gasteiger partial charge in [0.1, 0.15) is 6.29 Å². The van der Waals surface area contributed by atoms with Gasteiger partial charge in [0.05, 0.1) is 12.6 Å². The minimum Gasteiger partial charge on any atom is -0.395 e. The zero-order valence-electron chi connectivity index (χ0n) is 12.9. The highest BCUT2D eigenvalue weighted by Crippen LogP contribution is 2.02. The zero-order valence-corrected chi connectivity index (χ0v) is 12.9. The Morgan fingerprint density at radius 2 is 1.47 bits per heavy atom. The third kappa shape index (κ3) is 17.6. The number of hydrogen-bond donors (Lipinski definition) is 3. The molecule has 118 valence electrons. The molecular formula is C15H36N2O2. The maximum Gasteiger partial charge on any atom is 0.136 e. The first-order chi connectivity index (χ1) is 8.40. The van der Waals surface area contributed by atoms with Gasteiger partial charge < -0.3 is 20.5 Å². The van der Waals surface area contributed by atoms with E-state index in [2.05, 4.69) is 38.3 Å². The summed E-state index contributed by atoms with van der Waals surface area (Å²) in [6.07, 6.45) is 2.94. The van der Waals surface area contributed by atoms with Crippen molar-refractivity contribution in [1.82, 2.24) is 10.6 Å². The van der Waals surface area contributed by atoms with Crippen molar-refractivity contribution in [2.24, 2.45) is 11.8 Å². The molecule has 0 radical (unpaired) electrons. The van der Waals surface area contributed by atoms with Gasteiger partial charge in [0.25, 0.3) is 0 Å². The van der Waals surface area contributed by atoms with Crippen LogP contribution in [0.4, 0.5) is 0 Å². The molecule has 0 aliphatic heterocycles. The number of aldehydes is 1. The smallest absolute Gasteiger partial charge is 0.136 e. The summed E-state index contributed by atoms with van der Waals surface area (Å²) < 4.78 is 0. The summed E-state index contributed by atoms with van der Waals surface area (Å²) >= 11 is 0. The zero-order chi connectivity index (χ0) is 14.6. The second-order valence-corrected chi connectivity index (χ2v) is 5.46. The number of likely N-dealkylation sites (N-methyl/N-ethyl adjacent to an activating group) is 2. The maximum atomic E-state index is 10.2. The summed E-state index contributed by atoms with van der Waals surface area (Å²) in [5.74, 6) is 1.25. The predicted octanol–water partition coefficient (Wildman–Crippen LogP) is 2.07. The first-order valence-electron chi connectivity index (χ1n) is 6.81. The first-order valence-corrected chi connectivity index (χ1v) is 6.81. The molecule has 0 aliphatic carbocycles. The van der Waals surface area contributed by atoms with Gasteiger partial charge in [0.15, 0.2) is 0 Å². The number of nitrogens with one attached hydrogen (secondary N) is 2. The fraction of sp³-hybridized carbons (Fsp3) is 0.933. The lowest BCUT2D eigenvalue weighted by atomic mass is 10.1. The van der Waals surface area contributed by atoms with Crippen LogP contribution in [0.25, 0.3) is 0 Å². The van der Waals surface area contributed by atoms with Crippen LogP contribution in [0.2, 0.25) is 0 Å². The number of aliphatic hydroxyl groups excluding tert-OH is 1. The molecule has 0 saturated heterocycles. The topological polar surface area (TPSA) is 61.4 Å². The van der Waals surface area contributed by atoms with Crippen LogP contribution in [-0.2, 0) is 4.79 Å². The quantitative estimate of drug-likeness (QED) is 0.594. The highest BCUT2D eigenvalue weighted by atomic mass is 16.3. The van der Waals surface area contributed by atoms with Crippen LogP contribution in [0.1, 0.15) is 48.0 Å². The summed E-state index contributed by atoms with van der Waals surface area (Å²) in [6, 6.07) is 0.329. The molecule has 0 aliphatic rings. The molecule has 4 heteroatoms. The molecular weight excluding hydrogens is 240 g/mol. The molecule has 3 N–H and O–H groups in total. The minimum atomic E-state index is 0. The second-order valence-electron chi connectivity index (χ2n) is 5.46. The van der Waals surface area contributed by atoms with Crippen LogP contribution < -0.4 is 10.6 Å². The van der Waals surface area contributed by atoms with Crippen molar-refractivity contribution in [3.8, 4) is 0 Å². The fourth-order valence-electron chi connectivity index (χ4n) is 1.60. The predicted molar refractivity (Wildman–Crippen MR) is 84.5 cm³/mol. The van der Waals surface area contributed by atoms with E-state index in [1.807, 2.05) is 7.05 Å². The van der Waals surface area contributed by atoms with Gasteiger partial charge in [-0.15, -0.1) is 0 Å². The van der Waals surface area contributed by atoms with E-state index < -0.39 is 0 Å². The van der Waals surface area contributed by atoms with Crippen molar-refractivity contribution < 1.29 is 9.90 Å². The van der Waals surface area contributed by atoms with E-state index in [4.69, 9.17) is 5.11 Å². The Balaban J connectivity index is -0.000000256. The third-order valence-corrected chi connectivity index (χ3v) is 2.64. The monoisotopic (exact) mass is 276 g/mol. The summed E-state index contributed by atoms with van der Waals surface area (Å²) in [5, 5.41) is 14.7. The van der Waals surface area contributed by atoms with Crippen LogP contribution in [0.15, 0.2) is 0 Å². The van der Waals surface area contributed by atoms with E-state index in [9.17, 15) is 4.79 Å². The number of rotatable bonds is 8. The van der Waals surface area contributed by atoms with E-state index in [0.29, 0.717) is 11.8 Å². The molecule has 0 fully saturated rings. The van der Waals surface area contributed by atoms with Crippen molar-refractivity contribution in [3.63, 3.8) is 0 Å². The fourth-order valence-corrected chi connectivity index (χ4v) is 1.60. The van der Waals surface area contributed by atoms with Gasteiger partial charge in [-0.3, -0.25) is 0 Å². The molecule has 0 amide bonds. The SMILES string of the molecule is C.CN[C@H](C=O)CC(C)C.CN[C@H](CO)CC(C)C. The first kappa shape index (κ1) is 23.6. The summed E-state index contributed by atoms with van der Waals surface area (Å²) in [4.78, 5) is 10.2. The summed E-state index contributed by atoms with van der Waals surface area (Å²) in [7, 11) is 3.69. The van der Waals surface area contributed by atoms with E-state index in [1.54, 1.807) is 7.05 Å². The Morgan fingerprint density at radius 1 is 1.00 bits per heavy atom. The molecule has 4 nitrogen and oxygen atoms in total. The Bertz CT molecular complexity index is 181. The molecule has 0 aromatic rings. The number of aliphatic hydroxyl groups is 1. The Morgan fingerprint density at radius 3 is 1.58 bits per heavy atom. The summed E-state index contributed by atoms with van der Waals surface area (Å²) in [5.41, 5.74) is 0. The van der Waals surface area contributed by atoms with E-state index >= 15 is 0 Å². The average Bonchev–Trinajstić information content (AvgIpc) is 2.33. The van der Waals surface area contributed by atoms with Crippen molar-refractivity contribution in [2.45, 2.75) is 60.0 Å². The van der Waals surface area contributed by atoms with Crippen molar-refractivity contribution in [1.29, 1.82) is 0 Å². The van der Waals surface area contributed by atoms with E-state index in [-0.39, 0.29) is 26.1 Å². The molecule has 0 heterocycles. The molecule has 0 aromatic carbocycles. The highest BCUT2D eigenvalue weighted by molar-refractivity contribution is 5.57. The van der Waals surface area contributed by atoms with Gasteiger partial charge >= 0.3 is 0 Å². The minimum absolute atomic E-state index is 0. The normalized spacial score (nSPS) is 13.3. The standard InChI is InChI=1S/C7H17NO.C7H15NO.CH4/c2*1-6(2)4-7(5-9)8-3;/h6-9H,4-5H2,1-3H3;5-8H,4H2,1-3H3;1H4/t2*7-;/m00./s1. The lowest BCUT2D eigenvalue weighted by Gasteiger charge is -2.14. The lowest BCUT2D eigenvalue weighted by molar-refractivity contribution is -0.109. The molecule has 0 aromatic heterocycles. The average molecular weight is 276 g/mol. The number of carbonyl (C=O) groups is 1. The van der Waals surface area contributed by atoms with Crippen LogP contribution in [0.3, 0.4) is 0 Å². The van der Waals surface area contributed by atoms with Gasteiger partial charge in [0, 0.05) is 6.04 Å². The highest BCUT2D eigenvalue weighted by Gasteiger charge is 2.05. The lowest BCUT2D eigenvalue weighted by Crippen LogP contribution is -2.30. The molecule has 2 atom stereocenters. The van der Waals surface area contributed by atoms with Gasteiger partial charge in [-0.25, -0.2) is 0 Å². The third-order valence-electron chi connectivity index (χ3n) is 2.64. The van der Waals surface area contributed by atoms with Crippen molar-refractivity contribution >= 4 is 6.29 Å². The Labute approximate surface area is 120 Å². The second kappa shape index (κ2) is 15.6. The van der Waals surface area contributed by atoms with Crippen LogP contribution >= 0.6 is 0 Å². The van der Waals surface area contributed by atoms with E-state index in [1.165, 1.54) is 0 Å². The molecule has 0 saturated carbocycles.